The molecule has 2 aromatic rings. The molecule has 0 aliphatic rings. The van der Waals surface area contributed by atoms with Crippen LogP contribution in [0, 0.1) is 5.82 Å². The van der Waals surface area contributed by atoms with Crippen molar-refractivity contribution < 1.29 is 18.0 Å². The van der Waals surface area contributed by atoms with E-state index in [0.29, 0.717) is 17.4 Å². The number of carbonyl (C=O) groups is 1. The minimum atomic E-state index is -2.58. The molecule has 1 aromatic heterocycles. The second-order valence-electron chi connectivity index (χ2n) is 4.74. The van der Waals surface area contributed by atoms with Crippen molar-refractivity contribution >= 4 is 34.7 Å². The Hall–Kier alpha value is -1.47. The first kappa shape index (κ1) is 16.9. The van der Waals surface area contributed by atoms with Crippen LogP contribution < -0.4 is 4.90 Å². The van der Waals surface area contributed by atoms with Crippen LogP contribution in [0.2, 0.25) is 0 Å². The largest absolute Gasteiger partial charge is 0.305 e. The fourth-order valence-corrected chi connectivity index (χ4v) is 3.63. The first-order valence-electron chi connectivity index (χ1n) is 6.51. The molecule has 0 fully saturated rings. The van der Waals surface area contributed by atoms with Crippen molar-refractivity contribution in [2.75, 3.05) is 4.90 Å². The number of amides is 1. The number of nitrogens with zero attached hydrogens (tertiary/aromatic N) is 1. The number of carbonyl (C=O) groups excluding carboxylic acids is 1. The summed E-state index contributed by atoms with van der Waals surface area (Å²) in [6.45, 7) is 3.63. The van der Waals surface area contributed by atoms with Gasteiger partial charge in [0.05, 0.1) is 0 Å². The quantitative estimate of drug-likeness (QED) is 0.689. The molecule has 22 heavy (non-hydrogen) atoms. The van der Waals surface area contributed by atoms with Gasteiger partial charge in [0.1, 0.15) is 10.7 Å². The Morgan fingerprint density at radius 3 is 2.36 bits per heavy atom. The maximum absolute atomic E-state index is 13.0. The highest BCUT2D eigenvalue weighted by atomic mass is 32.2. The lowest BCUT2D eigenvalue weighted by atomic mass is 10.2. The minimum absolute atomic E-state index is 0.190. The highest BCUT2D eigenvalue weighted by Crippen LogP contribution is 2.34. The molecular formula is C15H14F3NOS2. The molecule has 0 spiro atoms. The van der Waals surface area contributed by atoms with Crippen molar-refractivity contribution in [3.63, 3.8) is 0 Å². The summed E-state index contributed by atoms with van der Waals surface area (Å²) in [4.78, 5) is 14.7. The van der Waals surface area contributed by atoms with Crippen LogP contribution in [-0.2, 0) is 0 Å². The standard InChI is InChI=1S/C15H14F3NOS2/c1-9(2)19(11-5-3-10(16)4-6-11)14(20)13-12(7-8-21-13)22-15(17)18/h3-9,15H,1-2H3. The zero-order chi connectivity index (χ0) is 16.3. The van der Waals surface area contributed by atoms with Gasteiger partial charge in [0, 0.05) is 16.6 Å². The monoisotopic (exact) mass is 345 g/mol. The highest BCUT2D eigenvalue weighted by Gasteiger charge is 2.25. The van der Waals surface area contributed by atoms with E-state index in [9.17, 15) is 18.0 Å². The third-order valence-electron chi connectivity index (χ3n) is 2.88. The van der Waals surface area contributed by atoms with E-state index in [1.54, 1.807) is 5.38 Å². The Kier molecular flexibility index (Phi) is 5.52. The van der Waals surface area contributed by atoms with Gasteiger partial charge >= 0.3 is 0 Å². The van der Waals surface area contributed by atoms with E-state index in [0.717, 1.165) is 11.3 Å². The minimum Gasteiger partial charge on any atom is -0.305 e. The van der Waals surface area contributed by atoms with Gasteiger partial charge in [-0.05, 0) is 49.6 Å². The van der Waals surface area contributed by atoms with E-state index in [2.05, 4.69) is 0 Å². The molecule has 0 aliphatic heterocycles. The lowest BCUT2D eigenvalue weighted by Crippen LogP contribution is -2.36. The summed E-state index contributed by atoms with van der Waals surface area (Å²) in [6.07, 6.45) is 0. The summed E-state index contributed by atoms with van der Waals surface area (Å²) in [6, 6.07) is 6.85. The molecule has 2 rings (SSSR count). The molecule has 0 bridgehead atoms. The maximum Gasteiger partial charge on any atom is 0.288 e. The fourth-order valence-electron chi connectivity index (χ4n) is 2.00. The number of halogens is 3. The van der Waals surface area contributed by atoms with E-state index in [1.165, 1.54) is 35.2 Å². The number of thioether (sulfide) groups is 1. The van der Waals surface area contributed by atoms with Crippen molar-refractivity contribution in [2.24, 2.45) is 0 Å². The lowest BCUT2D eigenvalue weighted by molar-refractivity contribution is 0.0981. The molecule has 7 heteroatoms. The van der Waals surface area contributed by atoms with Crippen LogP contribution >= 0.6 is 23.1 Å². The van der Waals surface area contributed by atoms with Gasteiger partial charge in [0.25, 0.3) is 11.7 Å². The zero-order valence-electron chi connectivity index (χ0n) is 11.9. The predicted molar refractivity (Wildman–Crippen MR) is 84.5 cm³/mol. The van der Waals surface area contributed by atoms with Crippen molar-refractivity contribution in [2.45, 2.75) is 30.5 Å². The average molecular weight is 345 g/mol. The van der Waals surface area contributed by atoms with E-state index >= 15 is 0 Å². The molecule has 0 saturated heterocycles. The molecule has 2 nitrogen and oxygen atoms in total. The first-order valence-corrected chi connectivity index (χ1v) is 8.27. The molecule has 1 amide bonds. The second-order valence-corrected chi connectivity index (χ2v) is 6.69. The molecule has 0 saturated carbocycles. The third kappa shape index (κ3) is 3.84. The summed E-state index contributed by atoms with van der Waals surface area (Å²) in [7, 11) is 0. The van der Waals surface area contributed by atoms with E-state index < -0.39 is 11.6 Å². The predicted octanol–water partition coefficient (Wildman–Crippen LogP) is 5.26. The van der Waals surface area contributed by atoms with Gasteiger partial charge in [-0.3, -0.25) is 4.79 Å². The van der Waals surface area contributed by atoms with Crippen LogP contribution in [-0.4, -0.2) is 17.7 Å². The van der Waals surface area contributed by atoms with Crippen LogP contribution in [0.4, 0.5) is 18.9 Å². The smallest absolute Gasteiger partial charge is 0.288 e. The molecule has 0 unspecified atom stereocenters. The first-order chi connectivity index (χ1) is 10.4. The molecule has 0 N–H and O–H groups in total. The molecule has 1 heterocycles. The van der Waals surface area contributed by atoms with Gasteiger partial charge in [-0.2, -0.15) is 8.78 Å². The number of hydrogen-bond acceptors (Lipinski definition) is 3. The molecule has 0 aliphatic carbocycles. The van der Waals surface area contributed by atoms with Gasteiger partial charge in [-0.15, -0.1) is 11.3 Å². The highest BCUT2D eigenvalue weighted by molar-refractivity contribution is 7.99. The van der Waals surface area contributed by atoms with Crippen LogP contribution in [0.1, 0.15) is 23.5 Å². The third-order valence-corrected chi connectivity index (χ3v) is 4.68. The molecular weight excluding hydrogens is 331 g/mol. The van der Waals surface area contributed by atoms with Crippen molar-refractivity contribution in [3.8, 4) is 0 Å². The molecule has 1 aromatic carbocycles. The zero-order valence-corrected chi connectivity index (χ0v) is 13.6. The van der Waals surface area contributed by atoms with Gasteiger partial charge < -0.3 is 4.90 Å². The summed E-state index contributed by atoms with van der Waals surface area (Å²) in [5.74, 6) is -3.34. The number of thiophene rings is 1. The van der Waals surface area contributed by atoms with Gasteiger partial charge in [0.2, 0.25) is 0 Å². The number of anilines is 1. The Bertz CT molecular complexity index is 640. The second kappa shape index (κ2) is 7.19. The normalized spacial score (nSPS) is 11.2. The average Bonchev–Trinajstić information content (AvgIpc) is 2.88. The maximum atomic E-state index is 13.0. The summed E-state index contributed by atoms with van der Waals surface area (Å²) in [5, 5.41) is 1.61. The Morgan fingerprint density at radius 2 is 1.82 bits per heavy atom. The number of rotatable bonds is 5. The van der Waals surface area contributed by atoms with Gasteiger partial charge in [-0.1, -0.05) is 11.8 Å². The van der Waals surface area contributed by atoms with Gasteiger partial charge in [-0.25, -0.2) is 4.39 Å². The van der Waals surface area contributed by atoms with Crippen LogP contribution in [0.3, 0.4) is 0 Å². The van der Waals surface area contributed by atoms with Crippen molar-refractivity contribution in [3.05, 3.63) is 46.4 Å². The van der Waals surface area contributed by atoms with E-state index in [4.69, 9.17) is 0 Å². The Morgan fingerprint density at radius 1 is 1.18 bits per heavy atom. The van der Waals surface area contributed by atoms with E-state index in [-0.39, 0.29) is 21.7 Å². The van der Waals surface area contributed by atoms with Crippen molar-refractivity contribution in [1.29, 1.82) is 0 Å². The Balaban J connectivity index is 2.35. The summed E-state index contributed by atoms with van der Waals surface area (Å²) in [5.41, 5.74) is 0.530. The summed E-state index contributed by atoms with van der Waals surface area (Å²) < 4.78 is 38.2. The van der Waals surface area contributed by atoms with Crippen LogP contribution in [0.25, 0.3) is 0 Å². The van der Waals surface area contributed by atoms with E-state index in [1.807, 2.05) is 13.8 Å². The SMILES string of the molecule is CC(C)N(C(=O)c1sccc1SC(F)F)c1ccc(F)cc1. The van der Waals surface area contributed by atoms with Crippen LogP contribution in [0.5, 0.6) is 0 Å². The summed E-state index contributed by atoms with van der Waals surface area (Å²) >= 11 is 1.48. The lowest BCUT2D eigenvalue weighted by Gasteiger charge is -2.26. The van der Waals surface area contributed by atoms with Crippen LogP contribution in [0.15, 0.2) is 40.6 Å². The number of alkyl halides is 2. The number of benzene rings is 1. The number of hydrogen-bond donors (Lipinski definition) is 0. The Labute approximate surface area is 134 Å². The fraction of sp³-hybridized carbons (Fsp3) is 0.267. The van der Waals surface area contributed by atoms with Gasteiger partial charge in [0.15, 0.2) is 0 Å². The molecule has 0 atom stereocenters. The van der Waals surface area contributed by atoms with Crippen molar-refractivity contribution in [1.82, 2.24) is 0 Å². The topological polar surface area (TPSA) is 20.3 Å². The molecule has 118 valence electrons. The molecule has 0 radical (unpaired) electrons.